The van der Waals surface area contributed by atoms with Crippen LogP contribution in [0.4, 0.5) is 5.82 Å². The zero-order valence-corrected chi connectivity index (χ0v) is 11.5. The molecule has 0 radical (unpaired) electrons. The predicted molar refractivity (Wildman–Crippen MR) is 77.7 cm³/mol. The number of nitrogens with one attached hydrogen (secondary N) is 1. The Labute approximate surface area is 114 Å². The van der Waals surface area contributed by atoms with Crippen LogP contribution in [0.25, 0.3) is 10.1 Å². The van der Waals surface area contributed by atoms with E-state index in [2.05, 4.69) is 10.4 Å². The second kappa shape index (κ2) is 4.51. The van der Waals surface area contributed by atoms with E-state index in [1.165, 1.54) is 11.3 Å². The lowest BCUT2D eigenvalue weighted by molar-refractivity contribution is 0.102. The molecule has 0 aliphatic carbocycles. The first-order valence-corrected chi connectivity index (χ1v) is 6.76. The molecule has 0 atom stereocenters. The third kappa shape index (κ3) is 2.24. The van der Waals surface area contributed by atoms with Gasteiger partial charge < -0.3 is 5.32 Å². The molecule has 0 aliphatic rings. The molecule has 96 valence electrons. The first-order valence-electron chi connectivity index (χ1n) is 5.94. The number of fused-ring (bicyclic) bond motifs is 1. The van der Waals surface area contributed by atoms with E-state index in [0.717, 1.165) is 15.8 Å². The summed E-state index contributed by atoms with van der Waals surface area (Å²) in [5, 5.41) is 8.18. The van der Waals surface area contributed by atoms with Gasteiger partial charge in [0, 0.05) is 17.8 Å². The standard InChI is InChI=1S/C14H13N3OS/c1-9-7-13(17(2)16-9)15-14(18)12-8-10-5-3-4-6-11(10)19-12/h3-8H,1-2H3,(H,15,18). The van der Waals surface area contributed by atoms with Crippen LogP contribution in [-0.2, 0) is 7.05 Å². The second-order valence-electron chi connectivity index (χ2n) is 4.40. The van der Waals surface area contributed by atoms with E-state index in [0.29, 0.717) is 10.7 Å². The fourth-order valence-electron chi connectivity index (χ4n) is 2.00. The number of aromatic nitrogens is 2. The van der Waals surface area contributed by atoms with E-state index in [1.54, 1.807) is 4.68 Å². The summed E-state index contributed by atoms with van der Waals surface area (Å²) in [7, 11) is 1.81. The van der Waals surface area contributed by atoms with Crippen LogP contribution in [0, 0.1) is 6.92 Å². The number of hydrogen-bond donors (Lipinski definition) is 1. The number of benzene rings is 1. The lowest BCUT2D eigenvalue weighted by atomic mass is 10.2. The van der Waals surface area contributed by atoms with Crippen LogP contribution in [-0.4, -0.2) is 15.7 Å². The number of hydrogen-bond acceptors (Lipinski definition) is 3. The highest BCUT2D eigenvalue weighted by Crippen LogP contribution is 2.25. The average molecular weight is 271 g/mol. The minimum atomic E-state index is -0.0933. The monoisotopic (exact) mass is 271 g/mol. The van der Waals surface area contributed by atoms with E-state index >= 15 is 0 Å². The predicted octanol–water partition coefficient (Wildman–Crippen LogP) is 3.20. The third-order valence-corrected chi connectivity index (χ3v) is 4.01. The summed E-state index contributed by atoms with van der Waals surface area (Å²) in [6.07, 6.45) is 0. The van der Waals surface area contributed by atoms with Crippen molar-refractivity contribution in [3.05, 3.63) is 47.0 Å². The van der Waals surface area contributed by atoms with Gasteiger partial charge in [-0.1, -0.05) is 18.2 Å². The van der Waals surface area contributed by atoms with Crippen LogP contribution in [0.2, 0.25) is 0 Å². The van der Waals surface area contributed by atoms with Crippen LogP contribution < -0.4 is 5.32 Å². The minimum Gasteiger partial charge on any atom is -0.306 e. The molecule has 3 aromatic rings. The van der Waals surface area contributed by atoms with Crippen molar-refractivity contribution in [3.8, 4) is 0 Å². The molecule has 2 heterocycles. The molecular formula is C14H13N3OS. The van der Waals surface area contributed by atoms with Gasteiger partial charge in [0.1, 0.15) is 5.82 Å². The lowest BCUT2D eigenvalue weighted by Crippen LogP contribution is -2.13. The summed E-state index contributed by atoms with van der Waals surface area (Å²) in [5.74, 6) is 0.615. The number of anilines is 1. The van der Waals surface area contributed by atoms with Crippen LogP contribution in [0.3, 0.4) is 0 Å². The maximum absolute atomic E-state index is 12.2. The Morgan fingerprint density at radius 1 is 1.32 bits per heavy atom. The van der Waals surface area contributed by atoms with Gasteiger partial charge in [-0.3, -0.25) is 9.48 Å². The molecule has 4 nitrogen and oxygen atoms in total. The number of rotatable bonds is 2. The highest BCUT2D eigenvalue weighted by molar-refractivity contribution is 7.20. The smallest absolute Gasteiger partial charge is 0.266 e. The van der Waals surface area contributed by atoms with Crippen molar-refractivity contribution in [1.29, 1.82) is 0 Å². The van der Waals surface area contributed by atoms with Gasteiger partial charge >= 0.3 is 0 Å². The van der Waals surface area contributed by atoms with Crippen molar-refractivity contribution in [3.63, 3.8) is 0 Å². The number of thiophene rings is 1. The molecule has 1 N–H and O–H groups in total. The molecule has 0 saturated carbocycles. The first kappa shape index (κ1) is 11.9. The zero-order valence-electron chi connectivity index (χ0n) is 10.7. The van der Waals surface area contributed by atoms with E-state index in [1.807, 2.05) is 50.4 Å². The molecule has 5 heteroatoms. The maximum atomic E-state index is 12.2. The Kier molecular flexibility index (Phi) is 2.83. The van der Waals surface area contributed by atoms with Crippen LogP contribution >= 0.6 is 11.3 Å². The first-order chi connectivity index (χ1) is 9.13. The van der Waals surface area contributed by atoms with E-state index < -0.39 is 0 Å². The summed E-state index contributed by atoms with van der Waals surface area (Å²) in [5.41, 5.74) is 0.883. The molecule has 3 rings (SSSR count). The molecule has 0 bridgehead atoms. The molecule has 0 unspecified atom stereocenters. The largest absolute Gasteiger partial charge is 0.306 e. The summed E-state index contributed by atoms with van der Waals surface area (Å²) < 4.78 is 2.79. The van der Waals surface area contributed by atoms with Gasteiger partial charge in [-0.2, -0.15) is 5.10 Å². The SMILES string of the molecule is Cc1cc(NC(=O)c2cc3ccccc3s2)n(C)n1. The summed E-state index contributed by atoms with van der Waals surface area (Å²) in [6, 6.07) is 11.7. The Balaban J connectivity index is 1.89. The maximum Gasteiger partial charge on any atom is 0.266 e. The van der Waals surface area contributed by atoms with E-state index in [9.17, 15) is 4.79 Å². The number of carbonyl (C=O) groups excluding carboxylic acids is 1. The summed E-state index contributed by atoms with van der Waals surface area (Å²) in [4.78, 5) is 12.9. The van der Waals surface area contributed by atoms with Gasteiger partial charge in [-0.15, -0.1) is 11.3 Å². The van der Waals surface area contributed by atoms with Gasteiger partial charge in [-0.25, -0.2) is 0 Å². The Hall–Kier alpha value is -2.14. The van der Waals surface area contributed by atoms with Crippen molar-refractivity contribution in [1.82, 2.24) is 9.78 Å². The highest BCUT2D eigenvalue weighted by atomic mass is 32.1. The molecule has 19 heavy (non-hydrogen) atoms. The van der Waals surface area contributed by atoms with Gasteiger partial charge in [0.25, 0.3) is 5.91 Å². The fraction of sp³-hybridized carbons (Fsp3) is 0.143. The number of amides is 1. The quantitative estimate of drug-likeness (QED) is 0.778. The summed E-state index contributed by atoms with van der Waals surface area (Å²) >= 11 is 1.50. The van der Waals surface area contributed by atoms with Crippen molar-refractivity contribution >= 4 is 33.1 Å². The summed E-state index contributed by atoms with van der Waals surface area (Å²) in [6.45, 7) is 1.90. The van der Waals surface area contributed by atoms with Crippen LogP contribution in [0.15, 0.2) is 36.4 Å². The normalized spacial score (nSPS) is 10.8. The number of nitrogens with zero attached hydrogens (tertiary/aromatic N) is 2. The highest BCUT2D eigenvalue weighted by Gasteiger charge is 2.12. The van der Waals surface area contributed by atoms with Crippen molar-refractivity contribution < 1.29 is 4.79 Å². The number of carbonyl (C=O) groups is 1. The zero-order chi connectivity index (χ0) is 13.4. The third-order valence-electron chi connectivity index (χ3n) is 2.89. The molecule has 1 aromatic carbocycles. The second-order valence-corrected chi connectivity index (χ2v) is 5.48. The van der Waals surface area contributed by atoms with Crippen LogP contribution in [0.5, 0.6) is 0 Å². The topological polar surface area (TPSA) is 46.9 Å². The fourth-order valence-corrected chi connectivity index (χ4v) is 2.96. The average Bonchev–Trinajstić information content (AvgIpc) is 2.93. The molecular weight excluding hydrogens is 258 g/mol. The molecule has 0 aliphatic heterocycles. The van der Waals surface area contributed by atoms with Crippen molar-refractivity contribution in [2.24, 2.45) is 7.05 Å². The van der Waals surface area contributed by atoms with Gasteiger partial charge in [-0.05, 0) is 24.4 Å². The molecule has 1 amide bonds. The Bertz CT molecular complexity index is 724. The number of aryl methyl sites for hydroxylation is 2. The van der Waals surface area contributed by atoms with E-state index in [-0.39, 0.29) is 5.91 Å². The Morgan fingerprint density at radius 3 is 2.79 bits per heavy atom. The minimum absolute atomic E-state index is 0.0933. The molecule has 0 saturated heterocycles. The van der Waals surface area contributed by atoms with Gasteiger partial charge in [0.15, 0.2) is 0 Å². The molecule has 0 fully saturated rings. The Morgan fingerprint density at radius 2 is 2.11 bits per heavy atom. The molecule has 2 aromatic heterocycles. The lowest BCUT2D eigenvalue weighted by Gasteiger charge is -2.02. The van der Waals surface area contributed by atoms with E-state index in [4.69, 9.17) is 0 Å². The van der Waals surface area contributed by atoms with Crippen molar-refractivity contribution in [2.45, 2.75) is 6.92 Å². The van der Waals surface area contributed by atoms with Gasteiger partial charge in [0.2, 0.25) is 0 Å². The van der Waals surface area contributed by atoms with Gasteiger partial charge in [0.05, 0.1) is 10.6 Å². The van der Waals surface area contributed by atoms with Crippen molar-refractivity contribution in [2.75, 3.05) is 5.32 Å². The van der Waals surface area contributed by atoms with Crippen LogP contribution in [0.1, 0.15) is 15.4 Å². The molecule has 0 spiro atoms.